The number of alkyl halides is 3. The third-order valence-corrected chi connectivity index (χ3v) is 6.17. The van der Waals surface area contributed by atoms with Crippen LogP contribution in [0.4, 0.5) is 19.0 Å². The highest BCUT2D eigenvalue weighted by atomic mass is 19.4. The van der Waals surface area contributed by atoms with Crippen molar-refractivity contribution in [1.29, 1.82) is 0 Å². The van der Waals surface area contributed by atoms with Gasteiger partial charge in [0, 0.05) is 36.6 Å². The van der Waals surface area contributed by atoms with Crippen molar-refractivity contribution in [2.75, 3.05) is 5.32 Å². The van der Waals surface area contributed by atoms with Crippen molar-refractivity contribution in [3.63, 3.8) is 0 Å². The number of carbonyl (C=O) groups is 1. The zero-order valence-electron chi connectivity index (χ0n) is 18.1. The van der Waals surface area contributed by atoms with Crippen molar-refractivity contribution < 1.29 is 18.0 Å². The molecule has 1 N–H and O–H groups in total. The number of aromatic nitrogens is 3. The lowest BCUT2D eigenvalue weighted by Crippen LogP contribution is -2.20. The monoisotopic (exact) mass is 454 g/mol. The Morgan fingerprint density at radius 2 is 1.76 bits per heavy atom. The van der Waals surface area contributed by atoms with Crippen LogP contribution in [0.3, 0.4) is 0 Å². The maximum Gasteiger partial charge on any atom is 0.416 e. The molecule has 0 saturated heterocycles. The van der Waals surface area contributed by atoms with E-state index < -0.39 is 11.7 Å². The summed E-state index contributed by atoms with van der Waals surface area (Å²) in [7, 11) is 0. The number of nitrogens with one attached hydrogen (secondary N) is 1. The minimum Gasteiger partial charge on any atom is -0.365 e. The average Bonchev–Trinajstić information content (AvgIpc) is 3.03. The quantitative estimate of drug-likeness (QED) is 0.354. The molecule has 0 radical (unpaired) electrons. The minimum absolute atomic E-state index is 0.0909. The number of carbonyl (C=O) groups excluding carboxylic acids is 1. The van der Waals surface area contributed by atoms with Gasteiger partial charge in [0.25, 0.3) is 0 Å². The highest BCUT2D eigenvalue weighted by molar-refractivity contribution is 5.96. The van der Waals surface area contributed by atoms with Gasteiger partial charge in [-0.05, 0) is 55.4 Å². The Bertz CT molecular complexity index is 1140. The van der Waals surface area contributed by atoms with Gasteiger partial charge in [-0.2, -0.15) is 13.2 Å². The Morgan fingerprint density at radius 1 is 1.03 bits per heavy atom. The van der Waals surface area contributed by atoms with Crippen LogP contribution in [0.2, 0.25) is 0 Å². The van der Waals surface area contributed by atoms with E-state index in [2.05, 4.69) is 26.8 Å². The number of rotatable bonds is 6. The molecular formula is C25H25F3N4O. The van der Waals surface area contributed by atoms with Gasteiger partial charge in [-0.3, -0.25) is 9.78 Å². The van der Waals surface area contributed by atoms with E-state index in [0.717, 1.165) is 44.2 Å². The molecular weight excluding hydrogens is 429 g/mol. The normalized spacial score (nSPS) is 19.1. The lowest BCUT2D eigenvalue weighted by molar-refractivity contribution is -0.137. The van der Waals surface area contributed by atoms with Crippen molar-refractivity contribution in [2.45, 2.75) is 50.7 Å². The van der Waals surface area contributed by atoms with Crippen LogP contribution in [0.25, 0.3) is 22.2 Å². The van der Waals surface area contributed by atoms with Crippen LogP contribution in [0.1, 0.15) is 44.1 Å². The fraction of sp³-hybridized carbons (Fsp3) is 0.360. The average molecular weight is 454 g/mol. The molecule has 1 aromatic carbocycles. The zero-order chi connectivity index (χ0) is 23.4. The van der Waals surface area contributed by atoms with Gasteiger partial charge in [-0.1, -0.05) is 25.1 Å². The summed E-state index contributed by atoms with van der Waals surface area (Å²) in [4.78, 5) is 25.2. The Balaban J connectivity index is 1.56. The van der Waals surface area contributed by atoms with E-state index in [1.807, 2.05) is 0 Å². The summed E-state index contributed by atoms with van der Waals surface area (Å²) in [5.41, 5.74) is 1.68. The fourth-order valence-corrected chi connectivity index (χ4v) is 4.40. The van der Waals surface area contributed by atoms with Crippen LogP contribution in [-0.2, 0) is 11.0 Å². The number of fused-ring (bicyclic) bond motifs is 1. The van der Waals surface area contributed by atoms with E-state index in [4.69, 9.17) is 0 Å². The maximum atomic E-state index is 12.9. The lowest BCUT2D eigenvalue weighted by atomic mass is 9.94. The maximum absolute atomic E-state index is 12.9. The highest BCUT2D eigenvalue weighted by Gasteiger charge is 2.30. The van der Waals surface area contributed by atoms with E-state index in [1.165, 1.54) is 18.2 Å². The molecule has 1 fully saturated rings. The zero-order valence-corrected chi connectivity index (χ0v) is 18.1. The smallest absolute Gasteiger partial charge is 0.365 e. The number of hydrogen-bond donors (Lipinski definition) is 1. The lowest BCUT2D eigenvalue weighted by Gasteiger charge is -2.19. The minimum atomic E-state index is -4.39. The summed E-state index contributed by atoms with van der Waals surface area (Å²) >= 11 is 0. The van der Waals surface area contributed by atoms with Crippen LogP contribution in [0.15, 0.2) is 55.5 Å². The summed E-state index contributed by atoms with van der Waals surface area (Å²) in [6.45, 7) is 3.56. The third kappa shape index (κ3) is 5.38. The molecule has 1 unspecified atom stereocenters. The Morgan fingerprint density at radius 3 is 2.45 bits per heavy atom. The largest absolute Gasteiger partial charge is 0.416 e. The standard InChI is InChI=1S/C25H25F3N4O/c1-2-20(33)14-16-4-3-5-19(11-6-16)32-24-23-22(29-12-13-30-23)21(15-31-24)17-7-9-18(10-8-17)25(26,27)28/h2,7-10,12-13,15-16,19H,1,3-6,11,14H2,(H,31,32)/t16?,19-/m1/s1. The van der Waals surface area contributed by atoms with Crippen molar-refractivity contribution in [3.05, 3.63) is 61.1 Å². The van der Waals surface area contributed by atoms with Crippen LogP contribution < -0.4 is 5.32 Å². The molecule has 8 heteroatoms. The van der Waals surface area contributed by atoms with Crippen molar-refractivity contribution in [3.8, 4) is 11.1 Å². The second-order valence-electron chi connectivity index (χ2n) is 8.44. The molecule has 4 rings (SSSR count). The first kappa shape index (κ1) is 22.9. The second-order valence-corrected chi connectivity index (χ2v) is 8.44. The Labute approximate surface area is 190 Å². The molecule has 0 aliphatic heterocycles. The first-order valence-corrected chi connectivity index (χ1v) is 11.0. The summed E-state index contributed by atoms with van der Waals surface area (Å²) < 4.78 is 38.8. The molecule has 1 aliphatic carbocycles. The molecule has 0 spiro atoms. The van der Waals surface area contributed by atoms with Gasteiger partial charge in [0.15, 0.2) is 11.6 Å². The highest BCUT2D eigenvalue weighted by Crippen LogP contribution is 2.34. The first-order chi connectivity index (χ1) is 15.8. The van der Waals surface area contributed by atoms with Gasteiger partial charge in [-0.15, -0.1) is 0 Å². The summed E-state index contributed by atoms with van der Waals surface area (Å²) in [5.74, 6) is 1.07. The SMILES string of the molecule is C=CC(=O)CC1CCC[C@@H](Nc2ncc(-c3ccc(C(F)(F)F)cc3)c3nccnc23)CC1. The number of benzene rings is 1. The Kier molecular flexibility index (Phi) is 6.72. The molecule has 5 nitrogen and oxygen atoms in total. The molecule has 3 aromatic rings. The predicted octanol–water partition coefficient (Wildman–Crippen LogP) is 6.22. The van der Waals surface area contributed by atoms with Crippen molar-refractivity contribution in [1.82, 2.24) is 15.0 Å². The number of allylic oxidation sites excluding steroid dienone is 1. The van der Waals surface area contributed by atoms with Crippen LogP contribution in [0.5, 0.6) is 0 Å². The first-order valence-electron chi connectivity index (χ1n) is 11.0. The topological polar surface area (TPSA) is 67.8 Å². The number of hydrogen-bond acceptors (Lipinski definition) is 5. The van der Waals surface area contributed by atoms with Gasteiger partial charge in [0.2, 0.25) is 0 Å². The van der Waals surface area contributed by atoms with E-state index >= 15 is 0 Å². The van der Waals surface area contributed by atoms with Gasteiger partial charge in [0.05, 0.1) is 5.56 Å². The van der Waals surface area contributed by atoms with Gasteiger partial charge < -0.3 is 5.32 Å². The summed E-state index contributed by atoms with van der Waals surface area (Å²) in [6, 6.07) is 5.17. The molecule has 0 amide bonds. The third-order valence-electron chi connectivity index (χ3n) is 6.17. The van der Waals surface area contributed by atoms with E-state index in [1.54, 1.807) is 18.6 Å². The van der Waals surface area contributed by atoms with Crippen LogP contribution in [0, 0.1) is 5.92 Å². The summed E-state index contributed by atoms with van der Waals surface area (Å²) in [6.07, 6.45) is 7.18. The number of pyridine rings is 1. The van der Waals surface area contributed by atoms with Gasteiger partial charge in [-0.25, -0.2) is 9.97 Å². The van der Waals surface area contributed by atoms with Gasteiger partial charge >= 0.3 is 6.18 Å². The van der Waals surface area contributed by atoms with E-state index in [-0.39, 0.29) is 11.8 Å². The van der Waals surface area contributed by atoms with Crippen LogP contribution >= 0.6 is 0 Å². The molecule has 33 heavy (non-hydrogen) atoms. The van der Waals surface area contributed by atoms with E-state index in [9.17, 15) is 18.0 Å². The molecule has 1 aliphatic rings. The molecule has 172 valence electrons. The number of ketones is 1. The molecule has 2 aromatic heterocycles. The van der Waals surface area contributed by atoms with Crippen molar-refractivity contribution in [2.24, 2.45) is 5.92 Å². The van der Waals surface area contributed by atoms with Crippen molar-refractivity contribution >= 4 is 22.6 Å². The van der Waals surface area contributed by atoms with Gasteiger partial charge in [0.1, 0.15) is 11.0 Å². The number of anilines is 1. The predicted molar refractivity (Wildman–Crippen MR) is 122 cm³/mol. The van der Waals surface area contributed by atoms with Crippen LogP contribution in [-0.4, -0.2) is 26.8 Å². The summed E-state index contributed by atoms with van der Waals surface area (Å²) in [5, 5.41) is 3.49. The van der Waals surface area contributed by atoms with E-state index in [0.29, 0.717) is 40.3 Å². The molecule has 2 heterocycles. The molecule has 0 bridgehead atoms. The molecule has 2 atom stereocenters. The molecule has 1 saturated carbocycles. The fourth-order valence-electron chi connectivity index (χ4n) is 4.40. The number of halogens is 3. The second kappa shape index (κ2) is 9.68. The number of nitrogens with zero attached hydrogens (tertiary/aromatic N) is 3. The Hall–Kier alpha value is -3.29.